The summed E-state index contributed by atoms with van der Waals surface area (Å²) in [5, 5.41) is 9.19. The minimum atomic E-state index is -0.620. The minimum Gasteiger partial charge on any atom is -0.462 e. The lowest BCUT2D eigenvalue weighted by molar-refractivity contribution is -0.144. The first-order valence-electron chi connectivity index (χ1n) is 19.1. The van der Waals surface area contributed by atoms with E-state index in [-0.39, 0.29) is 36.4 Å². The fourth-order valence-corrected chi connectivity index (χ4v) is 8.42. The lowest BCUT2D eigenvalue weighted by atomic mass is 9.67. The maximum absolute atomic E-state index is 15.7. The molecule has 0 aliphatic heterocycles. The van der Waals surface area contributed by atoms with Crippen LogP contribution in [0, 0.1) is 29.6 Å². The molecule has 6 heteroatoms. The van der Waals surface area contributed by atoms with Gasteiger partial charge in [0.2, 0.25) is 0 Å². The van der Waals surface area contributed by atoms with Crippen molar-refractivity contribution in [1.29, 1.82) is 0 Å². The maximum Gasteiger partial charge on any atom is 0.335 e. The van der Waals surface area contributed by atoms with Gasteiger partial charge in [0.1, 0.15) is 5.83 Å². The molecular formula is C43H61FO5. The Labute approximate surface area is 295 Å². The van der Waals surface area contributed by atoms with Gasteiger partial charge in [-0.1, -0.05) is 83.0 Å². The lowest BCUT2D eigenvalue weighted by Crippen LogP contribution is -2.29. The normalized spacial score (nSPS) is 24.7. The third-order valence-electron chi connectivity index (χ3n) is 11.5. The molecule has 0 amide bonds. The molecule has 0 bridgehead atoms. The van der Waals surface area contributed by atoms with Crippen molar-refractivity contribution >= 4 is 11.9 Å². The van der Waals surface area contributed by atoms with Gasteiger partial charge < -0.3 is 14.6 Å². The maximum atomic E-state index is 15.7. The second kappa shape index (κ2) is 19.4. The number of carbonyl (C=O) groups excluding carboxylic acids is 2. The quantitative estimate of drug-likeness (QED) is 0.101. The number of esters is 2. The molecule has 5 nitrogen and oxygen atoms in total. The zero-order valence-electron chi connectivity index (χ0n) is 30.5. The SMILES string of the molecule is C=C(C)C(=O)OCC(COC(=O)C(=C)CO)CC1CCC(C2CCC(C3=C(F)CC(c4ccc(CCCCC)c(CC)c4)C=C3)CC2)CC1. The van der Waals surface area contributed by atoms with Gasteiger partial charge in [-0.25, -0.2) is 14.0 Å². The van der Waals surface area contributed by atoms with Crippen molar-refractivity contribution in [3.05, 3.63) is 82.7 Å². The van der Waals surface area contributed by atoms with Crippen LogP contribution in [-0.4, -0.2) is 36.9 Å². The van der Waals surface area contributed by atoms with Crippen LogP contribution < -0.4 is 0 Å². The summed E-state index contributed by atoms with van der Waals surface area (Å²) in [5.41, 5.74) is 5.42. The molecule has 0 aromatic heterocycles. The number of unbranched alkanes of at least 4 members (excludes halogenated alkanes) is 2. The molecule has 3 aliphatic carbocycles. The van der Waals surface area contributed by atoms with E-state index in [1.54, 1.807) is 6.92 Å². The first-order chi connectivity index (χ1) is 23.6. The summed E-state index contributed by atoms with van der Waals surface area (Å²) < 4.78 is 26.5. The van der Waals surface area contributed by atoms with Crippen molar-refractivity contribution in [1.82, 2.24) is 0 Å². The van der Waals surface area contributed by atoms with Crippen molar-refractivity contribution in [3.8, 4) is 0 Å². The Kier molecular flexibility index (Phi) is 15.4. The summed E-state index contributed by atoms with van der Waals surface area (Å²) >= 11 is 0. The first-order valence-corrected chi connectivity index (χ1v) is 19.1. The van der Waals surface area contributed by atoms with Gasteiger partial charge in [-0.2, -0.15) is 0 Å². The number of carbonyl (C=O) groups is 2. The van der Waals surface area contributed by atoms with E-state index in [1.807, 2.05) is 0 Å². The first kappa shape index (κ1) is 38.8. The van der Waals surface area contributed by atoms with Crippen molar-refractivity contribution in [2.75, 3.05) is 19.8 Å². The molecule has 0 saturated heterocycles. The highest BCUT2D eigenvalue weighted by Gasteiger charge is 2.34. The summed E-state index contributed by atoms with van der Waals surface area (Å²) in [7, 11) is 0. The number of allylic oxidation sites excluding steroid dienone is 4. The predicted octanol–water partition coefficient (Wildman–Crippen LogP) is 10.1. The van der Waals surface area contributed by atoms with Crippen molar-refractivity contribution in [2.24, 2.45) is 29.6 Å². The second-order valence-corrected chi connectivity index (χ2v) is 15.1. The Bertz CT molecular complexity index is 1340. The summed E-state index contributed by atoms with van der Waals surface area (Å²) in [5.74, 6) is 1.23. The van der Waals surface area contributed by atoms with Crippen LogP contribution in [0.4, 0.5) is 4.39 Å². The average molecular weight is 677 g/mol. The van der Waals surface area contributed by atoms with Crippen LogP contribution in [0.1, 0.15) is 127 Å². The van der Waals surface area contributed by atoms with Crippen LogP contribution in [0.3, 0.4) is 0 Å². The number of rotatable bonds is 17. The number of benzene rings is 1. The van der Waals surface area contributed by atoms with Gasteiger partial charge in [0.25, 0.3) is 0 Å². The second-order valence-electron chi connectivity index (χ2n) is 15.1. The number of hydrogen-bond acceptors (Lipinski definition) is 5. The number of ether oxygens (including phenoxy) is 2. The predicted molar refractivity (Wildman–Crippen MR) is 196 cm³/mol. The third-order valence-corrected chi connectivity index (χ3v) is 11.5. The number of aliphatic hydroxyl groups is 1. The smallest absolute Gasteiger partial charge is 0.335 e. The Morgan fingerprint density at radius 3 is 2.16 bits per heavy atom. The fraction of sp³-hybridized carbons (Fsp3) is 0.628. The minimum absolute atomic E-state index is 0.0137. The molecule has 0 spiro atoms. The molecule has 0 heterocycles. The fourth-order valence-electron chi connectivity index (χ4n) is 8.42. The van der Waals surface area contributed by atoms with E-state index >= 15 is 4.39 Å². The van der Waals surface area contributed by atoms with E-state index in [1.165, 1.54) is 48.8 Å². The van der Waals surface area contributed by atoms with Crippen LogP contribution in [0.25, 0.3) is 0 Å². The number of hydrogen-bond donors (Lipinski definition) is 1. The highest BCUT2D eigenvalue weighted by molar-refractivity contribution is 5.88. The van der Waals surface area contributed by atoms with Crippen LogP contribution >= 0.6 is 0 Å². The number of halogens is 1. The van der Waals surface area contributed by atoms with Gasteiger partial charge in [0.15, 0.2) is 0 Å². The highest BCUT2D eigenvalue weighted by Crippen LogP contribution is 2.46. The van der Waals surface area contributed by atoms with Crippen molar-refractivity contribution in [3.63, 3.8) is 0 Å². The monoisotopic (exact) mass is 676 g/mol. The Morgan fingerprint density at radius 1 is 0.918 bits per heavy atom. The molecule has 2 unspecified atom stereocenters. The Balaban J connectivity index is 1.24. The summed E-state index contributed by atoms with van der Waals surface area (Å²) in [6.07, 6.45) is 20.6. The standard InChI is InChI=1S/C43H61FO5/c1-6-8-9-10-34-17-20-38(24-33(34)7-2)39-21-22-40(41(44)25-39)37-18-15-36(16-19-37)35-13-11-31(12-14-35)23-32(27-48-42(46)29(3)4)28-49-43(47)30(5)26-45/h17,20-22,24,31-32,35-37,39,45H,3,5-16,18-19,23,25-28H2,1-2,4H3. The van der Waals surface area contributed by atoms with E-state index < -0.39 is 18.5 Å². The van der Waals surface area contributed by atoms with Gasteiger partial charge >= 0.3 is 11.9 Å². The molecular weight excluding hydrogens is 615 g/mol. The zero-order valence-corrected chi connectivity index (χ0v) is 30.5. The number of aliphatic hydroxyl groups excluding tert-OH is 1. The van der Waals surface area contributed by atoms with Crippen LogP contribution in [0.15, 0.2) is 66.1 Å². The molecule has 3 aliphatic rings. The lowest BCUT2D eigenvalue weighted by Gasteiger charge is -2.39. The molecule has 270 valence electrons. The molecule has 0 radical (unpaired) electrons. The summed E-state index contributed by atoms with van der Waals surface area (Å²) in [6.45, 7) is 13.1. The molecule has 1 aromatic carbocycles. The molecule has 4 rings (SSSR count). The highest BCUT2D eigenvalue weighted by atomic mass is 19.1. The van der Waals surface area contributed by atoms with E-state index in [0.29, 0.717) is 35.7 Å². The zero-order chi connectivity index (χ0) is 35.3. The van der Waals surface area contributed by atoms with Gasteiger partial charge in [0, 0.05) is 23.8 Å². The molecule has 1 aromatic rings. The molecule has 2 saturated carbocycles. The van der Waals surface area contributed by atoms with Crippen molar-refractivity contribution < 1.29 is 28.6 Å². The number of aryl methyl sites for hydroxylation is 2. The Morgan fingerprint density at radius 2 is 1.57 bits per heavy atom. The molecule has 2 fully saturated rings. The average Bonchev–Trinajstić information content (AvgIpc) is 3.12. The van der Waals surface area contributed by atoms with Gasteiger partial charge in [-0.3, -0.25) is 0 Å². The van der Waals surface area contributed by atoms with E-state index in [4.69, 9.17) is 9.47 Å². The summed E-state index contributed by atoms with van der Waals surface area (Å²) in [6, 6.07) is 6.86. The van der Waals surface area contributed by atoms with Crippen LogP contribution in [0.5, 0.6) is 0 Å². The van der Waals surface area contributed by atoms with Gasteiger partial charge in [-0.05, 0) is 117 Å². The van der Waals surface area contributed by atoms with E-state index in [2.05, 4.69) is 57.4 Å². The third kappa shape index (κ3) is 11.3. The Hall–Kier alpha value is -2.99. The topological polar surface area (TPSA) is 72.8 Å². The van der Waals surface area contributed by atoms with E-state index in [0.717, 1.165) is 63.4 Å². The van der Waals surface area contributed by atoms with E-state index in [9.17, 15) is 14.7 Å². The van der Waals surface area contributed by atoms with Crippen molar-refractivity contribution in [2.45, 2.75) is 123 Å². The van der Waals surface area contributed by atoms with Gasteiger partial charge in [-0.15, -0.1) is 0 Å². The van der Waals surface area contributed by atoms with Crippen LogP contribution in [-0.2, 0) is 31.9 Å². The largest absolute Gasteiger partial charge is 0.462 e. The van der Waals surface area contributed by atoms with Gasteiger partial charge in [0.05, 0.1) is 25.4 Å². The molecule has 2 atom stereocenters. The summed E-state index contributed by atoms with van der Waals surface area (Å²) in [4.78, 5) is 24.1. The van der Waals surface area contributed by atoms with Crippen LogP contribution in [0.2, 0.25) is 0 Å². The molecule has 49 heavy (non-hydrogen) atoms. The molecule has 1 N–H and O–H groups in total.